The van der Waals surface area contributed by atoms with Crippen molar-refractivity contribution in [3.8, 4) is 0 Å². The van der Waals surface area contributed by atoms with Crippen molar-refractivity contribution >= 4 is 79.6 Å². The highest BCUT2D eigenvalue weighted by molar-refractivity contribution is 9.26. The summed E-state index contributed by atoms with van der Waals surface area (Å²) in [4.78, 5) is 0. The van der Waals surface area contributed by atoms with Crippen LogP contribution in [0.15, 0.2) is 0 Å². The number of halogens is 5. The second-order valence-electron chi connectivity index (χ2n) is 14.8. The van der Waals surface area contributed by atoms with E-state index in [0.29, 0.717) is 28.1 Å². The van der Waals surface area contributed by atoms with Crippen molar-refractivity contribution in [2.45, 2.75) is 109 Å². The Labute approximate surface area is 262 Å². The Morgan fingerprint density at radius 2 is 1.58 bits per heavy atom. The molecule has 12 atom stereocenters. The first kappa shape index (κ1) is 28.5. The van der Waals surface area contributed by atoms with Gasteiger partial charge in [0.2, 0.25) is 0 Å². The molecule has 0 aromatic heterocycles. The summed E-state index contributed by atoms with van der Waals surface area (Å²) in [5, 5.41) is 0. The third kappa shape index (κ3) is 3.19. The van der Waals surface area contributed by atoms with Crippen molar-refractivity contribution in [1.29, 1.82) is 0 Å². The lowest BCUT2D eigenvalue weighted by Gasteiger charge is -2.65. The van der Waals surface area contributed by atoms with E-state index in [1.165, 1.54) is 57.8 Å². The smallest absolute Gasteiger partial charge is 0.101 e. The first-order chi connectivity index (χ1) is 16.7. The van der Waals surface area contributed by atoms with Gasteiger partial charge in [-0.15, -0.1) is 0 Å². The normalized spacial score (nSPS) is 57.2. The fourth-order valence-electron chi connectivity index (χ4n) is 12.2. The van der Waals surface area contributed by atoms with E-state index in [1.807, 2.05) is 7.11 Å². The first-order valence-electron chi connectivity index (χ1n) is 14.6. The van der Waals surface area contributed by atoms with Crippen LogP contribution in [0.2, 0.25) is 0 Å². The summed E-state index contributed by atoms with van der Waals surface area (Å²) in [7, 11) is 2.02. The molecule has 0 aliphatic heterocycles. The van der Waals surface area contributed by atoms with E-state index >= 15 is 0 Å². The Kier molecular flexibility index (Phi) is 6.88. The number of hydrogen-bond acceptors (Lipinski definition) is 1. The highest BCUT2D eigenvalue weighted by atomic mass is 79.9. The van der Waals surface area contributed by atoms with Crippen molar-refractivity contribution < 1.29 is 4.74 Å². The van der Waals surface area contributed by atoms with Crippen LogP contribution in [-0.2, 0) is 4.74 Å². The summed E-state index contributed by atoms with van der Waals surface area (Å²) in [5.41, 5.74) is 1.22. The van der Waals surface area contributed by atoms with Crippen LogP contribution in [0.1, 0.15) is 92.4 Å². The number of fused-ring (bicyclic) bond motifs is 4. The first-order valence-corrected chi connectivity index (χ1v) is 18.8. The van der Waals surface area contributed by atoms with Crippen LogP contribution in [0.3, 0.4) is 0 Å². The zero-order valence-electron chi connectivity index (χ0n) is 22.9. The third-order valence-electron chi connectivity index (χ3n) is 14.0. The van der Waals surface area contributed by atoms with Gasteiger partial charge in [0.1, 0.15) is 3.23 Å². The maximum atomic E-state index is 6.69. The molecule has 0 heterocycles. The lowest BCUT2D eigenvalue weighted by Crippen LogP contribution is -2.64. The average Bonchev–Trinajstić information content (AvgIpc) is 3.50. The van der Waals surface area contributed by atoms with Gasteiger partial charge >= 0.3 is 0 Å². The van der Waals surface area contributed by atoms with Gasteiger partial charge in [0.25, 0.3) is 0 Å². The summed E-state index contributed by atoms with van der Waals surface area (Å²) in [6.45, 7) is 12.7. The number of rotatable bonds is 6. The van der Waals surface area contributed by atoms with E-state index < -0.39 is 0 Å². The Morgan fingerprint density at radius 3 is 2.14 bits per heavy atom. The lowest BCUT2D eigenvalue weighted by molar-refractivity contribution is -0.206. The van der Waals surface area contributed by atoms with Crippen LogP contribution >= 0.6 is 79.6 Å². The van der Waals surface area contributed by atoms with E-state index in [4.69, 9.17) is 4.74 Å². The molecular weight excluding hydrogens is 776 g/mol. The van der Waals surface area contributed by atoms with Gasteiger partial charge in [-0.2, -0.15) is 0 Å². The molecule has 0 aromatic carbocycles. The molecule has 0 amide bonds. The largest absolute Gasteiger partial charge is 0.376 e. The minimum Gasteiger partial charge on any atom is -0.376 e. The Morgan fingerprint density at radius 1 is 0.889 bits per heavy atom. The maximum absolute atomic E-state index is 6.69. The van der Waals surface area contributed by atoms with Gasteiger partial charge < -0.3 is 4.74 Å². The molecule has 206 valence electrons. The second kappa shape index (κ2) is 8.70. The van der Waals surface area contributed by atoms with E-state index in [9.17, 15) is 0 Å². The highest BCUT2D eigenvalue weighted by Gasteiger charge is 2.83. The van der Waals surface area contributed by atoms with Gasteiger partial charge in [-0.05, 0) is 110 Å². The molecule has 0 N–H and O–H groups in total. The Bertz CT molecular complexity index is 923. The molecule has 6 rings (SSSR count). The number of methoxy groups -OCH3 is 1. The SMILES string of the molecule is COC1(C(Br)Br)C[C@H]2[C@@H]3CC[C@H]([C@H](C)CC4C(Br)(Br)C4(Br)C(C)C)[C@@]3(C)CC[C@@H]2[C@@]2(C)CCC3CC312. The van der Waals surface area contributed by atoms with Crippen LogP contribution in [0.5, 0.6) is 0 Å². The zero-order chi connectivity index (χ0) is 26.3. The number of alkyl halides is 5. The molecule has 6 fully saturated rings. The zero-order valence-corrected chi connectivity index (χ0v) is 30.8. The van der Waals surface area contributed by atoms with Crippen molar-refractivity contribution in [2.24, 2.45) is 63.6 Å². The predicted molar refractivity (Wildman–Crippen MR) is 169 cm³/mol. The Balaban J connectivity index is 1.28. The molecule has 0 aromatic rings. The molecule has 36 heavy (non-hydrogen) atoms. The van der Waals surface area contributed by atoms with E-state index in [1.54, 1.807) is 0 Å². The van der Waals surface area contributed by atoms with Gasteiger partial charge in [0, 0.05) is 18.4 Å². The van der Waals surface area contributed by atoms with E-state index in [2.05, 4.69) is 114 Å². The summed E-state index contributed by atoms with van der Waals surface area (Å²) in [6, 6.07) is 0. The lowest BCUT2D eigenvalue weighted by atomic mass is 9.43. The minimum atomic E-state index is -0.0710. The van der Waals surface area contributed by atoms with Crippen LogP contribution in [0.25, 0.3) is 0 Å². The van der Waals surface area contributed by atoms with Gasteiger partial charge in [-0.25, -0.2) is 0 Å². The molecule has 6 heteroatoms. The highest BCUT2D eigenvalue weighted by Crippen LogP contribution is 2.86. The molecular formula is C30H45Br5O. The molecule has 6 aliphatic carbocycles. The van der Waals surface area contributed by atoms with Gasteiger partial charge in [-0.3, -0.25) is 0 Å². The molecule has 0 radical (unpaired) electrons. The van der Waals surface area contributed by atoms with Crippen molar-refractivity contribution in [1.82, 2.24) is 0 Å². The van der Waals surface area contributed by atoms with Crippen LogP contribution < -0.4 is 0 Å². The van der Waals surface area contributed by atoms with Gasteiger partial charge in [-0.1, -0.05) is 114 Å². The summed E-state index contributed by atoms with van der Waals surface area (Å²) in [5.74, 6) is 6.25. The summed E-state index contributed by atoms with van der Waals surface area (Å²) >= 11 is 20.4. The Hall–Kier alpha value is 2.36. The summed E-state index contributed by atoms with van der Waals surface area (Å²) < 4.78 is 7.13. The molecule has 6 aliphatic rings. The predicted octanol–water partition coefficient (Wildman–Crippen LogP) is 10.7. The van der Waals surface area contributed by atoms with Crippen LogP contribution in [-0.4, -0.2) is 24.0 Å². The van der Waals surface area contributed by atoms with Crippen molar-refractivity contribution in [3.05, 3.63) is 0 Å². The monoisotopic (exact) mass is 816 g/mol. The number of hydrogen-bond donors (Lipinski definition) is 0. The van der Waals surface area contributed by atoms with Crippen LogP contribution in [0.4, 0.5) is 0 Å². The molecule has 6 saturated carbocycles. The van der Waals surface area contributed by atoms with Crippen molar-refractivity contribution in [3.63, 3.8) is 0 Å². The molecule has 1 nitrogen and oxygen atoms in total. The molecule has 0 bridgehead atoms. The van der Waals surface area contributed by atoms with Gasteiger partial charge in [0.05, 0.1) is 13.7 Å². The molecule has 5 unspecified atom stereocenters. The fourth-order valence-corrected chi connectivity index (χ4v) is 17.4. The van der Waals surface area contributed by atoms with E-state index in [-0.39, 0.29) is 16.9 Å². The van der Waals surface area contributed by atoms with Crippen molar-refractivity contribution in [2.75, 3.05) is 7.11 Å². The topological polar surface area (TPSA) is 9.23 Å². The molecule has 1 spiro atoms. The standard InChI is InChI=1S/C30H45Br5O/c1-16(2)29(33)23(30(29,34)35)13-17(3)20-7-8-21-19-15-28(36-6,24(31)32)27-14-18(27)9-12-26(27,5)22(19)10-11-25(20,21)4/h16-24H,7-15H2,1-6H3/t17-,18?,19+,20-,21+,22+,23?,25-,26-,27?,28?,29?/m1/s1. The average molecular weight is 821 g/mol. The molecule has 0 saturated heterocycles. The third-order valence-corrected chi connectivity index (χ3v) is 21.0. The summed E-state index contributed by atoms with van der Waals surface area (Å²) in [6.07, 6.45) is 12.5. The minimum absolute atomic E-state index is 0.0421. The fraction of sp³-hybridized carbons (Fsp3) is 1.00. The second-order valence-corrected chi connectivity index (χ2v) is 22.8. The number of ether oxygens (including phenoxy) is 1. The van der Waals surface area contributed by atoms with Crippen LogP contribution in [0, 0.1) is 63.6 Å². The quantitative estimate of drug-likeness (QED) is 0.243. The van der Waals surface area contributed by atoms with E-state index in [0.717, 1.165) is 35.5 Å². The van der Waals surface area contributed by atoms with Gasteiger partial charge in [0.15, 0.2) is 0 Å². The maximum Gasteiger partial charge on any atom is 0.101 e.